The first-order valence-corrected chi connectivity index (χ1v) is 6.91. The molecule has 0 amide bonds. The molecule has 1 aromatic rings. The zero-order valence-electron chi connectivity index (χ0n) is 10.6. The number of morpholine rings is 1. The van der Waals surface area contributed by atoms with Crippen molar-refractivity contribution in [1.82, 2.24) is 0 Å². The van der Waals surface area contributed by atoms with Crippen molar-refractivity contribution in [3.63, 3.8) is 0 Å². The Morgan fingerprint density at radius 1 is 1.39 bits per heavy atom. The van der Waals surface area contributed by atoms with Crippen LogP contribution < -0.4 is 10.6 Å². The summed E-state index contributed by atoms with van der Waals surface area (Å²) >= 11 is 12.1. The predicted octanol–water partition coefficient (Wildman–Crippen LogP) is 3.58. The van der Waals surface area contributed by atoms with Crippen LogP contribution in [0.15, 0.2) is 12.1 Å². The molecule has 0 aliphatic carbocycles. The quantitative estimate of drug-likeness (QED) is 0.846. The van der Waals surface area contributed by atoms with E-state index in [0.29, 0.717) is 21.8 Å². The van der Waals surface area contributed by atoms with E-state index in [0.717, 1.165) is 25.3 Å². The zero-order chi connectivity index (χ0) is 13.3. The first-order valence-electron chi connectivity index (χ1n) is 6.15. The van der Waals surface area contributed by atoms with Crippen LogP contribution in [0.1, 0.15) is 20.3 Å². The third-order valence-electron chi connectivity index (χ3n) is 3.32. The average molecular weight is 289 g/mol. The second-order valence-electron chi connectivity index (χ2n) is 4.68. The van der Waals surface area contributed by atoms with E-state index in [1.165, 1.54) is 0 Å². The molecule has 2 N–H and O–H groups in total. The molecule has 2 unspecified atom stereocenters. The van der Waals surface area contributed by atoms with Crippen LogP contribution in [0.2, 0.25) is 10.0 Å². The first kappa shape index (κ1) is 13.8. The molecule has 100 valence electrons. The molecule has 0 spiro atoms. The number of nitrogens with zero attached hydrogens (tertiary/aromatic N) is 1. The van der Waals surface area contributed by atoms with Crippen LogP contribution in [0.5, 0.6) is 0 Å². The minimum Gasteiger partial charge on any atom is -0.397 e. The summed E-state index contributed by atoms with van der Waals surface area (Å²) in [5.74, 6) is 0. The van der Waals surface area contributed by atoms with E-state index in [1.54, 1.807) is 6.07 Å². The van der Waals surface area contributed by atoms with Crippen molar-refractivity contribution in [3.05, 3.63) is 22.2 Å². The number of rotatable bonds is 2. The maximum atomic E-state index is 6.09. The minimum atomic E-state index is 0.196. The molecule has 1 aliphatic heterocycles. The topological polar surface area (TPSA) is 38.5 Å². The molecule has 5 heteroatoms. The lowest BCUT2D eigenvalue weighted by molar-refractivity contribution is 0.0300. The zero-order valence-corrected chi connectivity index (χ0v) is 12.1. The van der Waals surface area contributed by atoms with E-state index in [-0.39, 0.29) is 6.10 Å². The average Bonchev–Trinajstić information content (AvgIpc) is 2.34. The first-order chi connectivity index (χ1) is 8.52. The lowest BCUT2D eigenvalue weighted by Crippen LogP contribution is -2.48. The fraction of sp³-hybridized carbons (Fsp3) is 0.538. The van der Waals surface area contributed by atoms with Gasteiger partial charge in [-0.3, -0.25) is 0 Å². The van der Waals surface area contributed by atoms with Crippen molar-refractivity contribution in [1.29, 1.82) is 0 Å². The smallest absolute Gasteiger partial charge is 0.0723 e. The number of nitrogens with two attached hydrogens (primary N) is 1. The van der Waals surface area contributed by atoms with Gasteiger partial charge in [0, 0.05) is 6.54 Å². The van der Waals surface area contributed by atoms with E-state index in [1.807, 2.05) is 6.07 Å². The fourth-order valence-electron chi connectivity index (χ4n) is 2.28. The monoisotopic (exact) mass is 288 g/mol. The van der Waals surface area contributed by atoms with Crippen molar-refractivity contribution < 1.29 is 4.74 Å². The summed E-state index contributed by atoms with van der Waals surface area (Å²) in [5, 5.41) is 1.03. The Balaban J connectivity index is 2.36. The van der Waals surface area contributed by atoms with Gasteiger partial charge in [0.15, 0.2) is 0 Å². The highest BCUT2D eigenvalue weighted by Crippen LogP contribution is 2.35. The van der Waals surface area contributed by atoms with Gasteiger partial charge in [0.1, 0.15) is 0 Å². The largest absolute Gasteiger partial charge is 0.397 e. The molecule has 2 atom stereocenters. The third-order valence-corrected chi connectivity index (χ3v) is 4.04. The highest BCUT2D eigenvalue weighted by molar-refractivity contribution is 6.42. The second kappa shape index (κ2) is 5.55. The molecule has 0 bridgehead atoms. The fourth-order valence-corrected chi connectivity index (χ4v) is 2.61. The van der Waals surface area contributed by atoms with Crippen LogP contribution in [0.25, 0.3) is 0 Å². The SMILES string of the molecule is CCC1COC(C)CN1c1cc(Cl)c(Cl)cc1N. The van der Waals surface area contributed by atoms with Crippen molar-refractivity contribution in [3.8, 4) is 0 Å². The Hall–Kier alpha value is -0.640. The summed E-state index contributed by atoms with van der Waals surface area (Å²) in [6.45, 7) is 5.75. The van der Waals surface area contributed by atoms with Crippen molar-refractivity contribution in [2.24, 2.45) is 0 Å². The normalized spacial score (nSPS) is 24.3. The molecule has 0 radical (unpaired) electrons. The molecule has 1 saturated heterocycles. The maximum Gasteiger partial charge on any atom is 0.0723 e. The Labute approximate surface area is 118 Å². The summed E-state index contributed by atoms with van der Waals surface area (Å²) in [7, 11) is 0. The van der Waals surface area contributed by atoms with Gasteiger partial charge in [0.2, 0.25) is 0 Å². The van der Waals surface area contributed by atoms with Crippen LogP contribution in [0.4, 0.5) is 11.4 Å². The minimum absolute atomic E-state index is 0.196. The van der Waals surface area contributed by atoms with E-state index < -0.39 is 0 Å². The summed E-state index contributed by atoms with van der Waals surface area (Å²) < 4.78 is 5.69. The molecular weight excluding hydrogens is 271 g/mol. The van der Waals surface area contributed by atoms with Crippen LogP contribution in [0, 0.1) is 0 Å². The van der Waals surface area contributed by atoms with Crippen LogP contribution >= 0.6 is 23.2 Å². The van der Waals surface area contributed by atoms with Crippen molar-refractivity contribution >= 4 is 34.6 Å². The van der Waals surface area contributed by atoms with Crippen molar-refractivity contribution in [2.45, 2.75) is 32.4 Å². The van der Waals surface area contributed by atoms with Gasteiger partial charge in [-0.15, -0.1) is 0 Å². The van der Waals surface area contributed by atoms with Gasteiger partial charge < -0.3 is 15.4 Å². The van der Waals surface area contributed by atoms with E-state index >= 15 is 0 Å². The van der Waals surface area contributed by atoms with Gasteiger partial charge in [0.05, 0.1) is 40.2 Å². The number of nitrogen functional groups attached to an aromatic ring is 1. The number of hydrogen-bond acceptors (Lipinski definition) is 3. The summed E-state index contributed by atoms with van der Waals surface area (Å²) in [4.78, 5) is 2.27. The number of halogens is 2. The molecule has 0 aromatic heterocycles. The lowest BCUT2D eigenvalue weighted by atomic mass is 10.1. The molecular formula is C13H18Cl2N2O. The summed E-state index contributed by atoms with van der Waals surface area (Å²) in [6, 6.07) is 3.90. The second-order valence-corrected chi connectivity index (χ2v) is 5.50. The molecule has 1 aromatic carbocycles. The molecule has 0 saturated carbocycles. The number of benzene rings is 1. The Morgan fingerprint density at radius 3 is 2.72 bits per heavy atom. The Bertz CT molecular complexity index is 439. The molecule has 18 heavy (non-hydrogen) atoms. The van der Waals surface area contributed by atoms with Crippen LogP contribution in [-0.4, -0.2) is 25.3 Å². The third kappa shape index (κ3) is 2.68. The van der Waals surface area contributed by atoms with Gasteiger partial charge in [-0.1, -0.05) is 30.1 Å². The Kier molecular flexibility index (Phi) is 4.25. The van der Waals surface area contributed by atoms with Gasteiger partial charge >= 0.3 is 0 Å². The maximum absolute atomic E-state index is 6.09. The molecule has 3 nitrogen and oxygen atoms in total. The van der Waals surface area contributed by atoms with Crippen LogP contribution in [0.3, 0.4) is 0 Å². The molecule has 2 rings (SSSR count). The van der Waals surface area contributed by atoms with E-state index in [2.05, 4.69) is 18.7 Å². The van der Waals surface area contributed by atoms with Gasteiger partial charge in [-0.25, -0.2) is 0 Å². The highest BCUT2D eigenvalue weighted by Gasteiger charge is 2.27. The van der Waals surface area contributed by atoms with Gasteiger partial charge in [0.25, 0.3) is 0 Å². The van der Waals surface area contributed by atoms with Gasteiger partial charge in [-0.2, -0.15) is 0 Å². The summed E-state index contributed by atoms with van der Waals surface area (Å²) in [6.07, 6.45) is 1.20. The Morgan fingerprint density at radius 2 is 2.06 bits per heavy atom. The standard InChI is InChI=1S/C13H18Cl2N2O/c1-3-9-7-18-8(2)6-17(9)13-5-11(15)10(14)4-12(13)16/h4-5,8-9H,3,6-7,16H2,1-2H3. The molecule has 1 fully saturated rings. The summed E-state index contributed by atoms with van der Waals surface area (Å²) in [5.41, 5.74) is 7.67. The van der Waals surface area contributed by atoms with E-state index in [9.17, 15) is 0 Å². The van der Waals surface area contributed by atoms with E-state index in [4.69, 9.17) is 33.7 Å². The molecule has 1 aliphatic rings. The lowest BCUT2D eigenvalue weighted by Gasteiger charge is -2.40. The van der Waals surface area contributed by atoms with Crippen LogP contribution in [-0.2, 0) is 4.74 Å². The predicted molar refractivity (Wildman–Crippen MR) is 77.7 cm³/mol. The van der Waals surface area contributed by atoms with Crippen molar-refractivity contribution in [2.75, 3.05) is 23.8 Å². The molecule has 1 heterocycles. The number of ether oxygens (including phenoxy) is 1. The highest BCUT2D eigenvalue weighted by atomic mass is 35.5. The van der Waals surface area contributed by atoms with Gasteiger partial charge in [-0.05, 0) is 25.5 Å². The number of anilines is 2. The number of hydrogen-bond donors (Lipinski definition) is 1.